The summed E-state index contributed by atoms with van der Waals surface area (Å²) in [6.07, 6.45) is 2.28. The molecule has 2 amide bonds. The van der Waals surface area contributed by atoms with Crippen molar-refractivity contribution in [2.24, 2.45) is 0 Å². The maximum absolute atomic E-state index is 12.8. The van der Waals surface area contributed by atoms with Crippen LogP contribution in [0.15, 0.2) is 66.0 Å². The number of benzene rings is 2. The molecule has 7 nitrogen and oxygen atoms in total. The van der Waals surface area contributed by atoms with E-state index in [1.807, 2.05) is 11.4 Å². The lowest BCUT2D eigenvalue weighted by atomic mass is 10.2. The maximum atomic E-state index is 12.8. The molecule has 1 aromatic heterocycles. The van der Waals surface area contributed by atoms with Crippen molar-refractivity contribution in [3.8, 4) is 5.75 Å². The molecule has 8 heteroatoms. The fourth-order valence-corrected chi connectivity index (χ4v) is 4.62. The number of carbonyl (C=O) groups is 2. The zero-order chi connectivity index (χ0) is 23.8. The van der Waals surface area contributed by atoms with Gasteiger partial charge in [0.1, 0.15) is 5.75 Å². The van der Waals surface area contributed by atoms with Crippen LogP contribution in [0.1, 0.15) is 28.1 Å². The molecule has 1 fully saturated rings. The molecular weight excluding hydrogens is 450 g/mol. The Kier molecular flexibility index (Phi) is 8.30. The summed E-state index contributed by atoms with van der Waals surface area (Å²) in [5, 5.41) is 7.84. The number of nitrogens with one attached hydrogen (secondary N) is 2. The molecule has 0 saturated carbocycles. The second-order valence-electron chi connectivity index (χ2n) is 8.19. The van der Waals surface area contributed by atoms with E-state index in [9.17, 15) is 9.59 Å². The number of rotatable bonds is 10. The zero-order valence-electron chi connectivity index (χ0n) is 19.2. The van der Waals surface area contributed by atoms with Gasteiger partial charge in [-0.05, 0) is 72.8 Å². The van der Waals surface area contributed by atoms with Gasteiger partial charge in [-0.15, -0.1) is 11.3 Å². The van der Waals surface area contributed by atoms with Crippen LogP contribution in [0, 0.1) is 0 Å². The summed E-state index contributed by atoms with van der Waals surface area (Å²) >= 11 is 1.69. The van der Waals surface area contributed by atoms with E-state index in [0.29, 0.717) is 16.9 Å². The molecule has 3 aromatic rings. The van der Waals surface area contributed by atoms with Gasteiger partial charge in [0.25, 0.3) is 5.91 Å². The average molecular weight is 480 g/mol. The fraction of sp³-hybridized carbons (Fsp3) is 0.308. The third kappa shape index (κ3) is 6.90. The van der Waals surface area contributed by atoms with Gasteiger partial charge in [-0.2, -0.15) is 0 Å². The first kappa shape index (κ1) is 23.9. The Labute approximate surface area is 203 Å². The number of thiophene rings is 1. The van der Waals surface area contributed by atoms with E-state index in [-0.39, 0.29) is 24.5 Å². The van der Waals surface area contributed by atoms with Gasteiger partial charge in [-0.1, -0.05) is 6.07 Å². The number of ether oxygens (including phenoxy) is 2. The van der Waals surface area contributed by atoms with Crippen molar-refractivity contribution < 1.29 is 19.1 Å². The lowest BCUT2D eigenvalue weighted by Crippen LogP contribution is -2.37. The van der Waals surface area contributed by atoms with Crippen molar-refractivity contribution >= 4 is 34.5 Å². The second kappa shape index (κ2) is 11.8. The largest absolute Gasteiger partial charge is 0.497 e. The van der Waals surface area contributed by atoms with E-state index in [1.165, 1.54) is 4.88 Å². The molecule has 1 unspecified atom stereocenters. The van der Waals surface area contributed by atoms with Gasteiger partial charge < -0.3 is 20.1 Å². The molecule has 2 N–H and O–H groups in total. The summed E-state index contributed by atoms with van der Waals surface area (Å²) in [5.41, 5.74) is 1.84. The number of nitrogens with zero attached hydrogens (tertiary/aromatic N) is 1. The summed E-state index contributed by atoms with van der Waals surface area (Å²) in [4.78, 5) is 28.6. The summed E-state index contributed by atoms with van der Waals surface area (Å²) in [7, 11) is 1.60. The zero-order valence-corrected chi connectivity index (χ0v) is 20.0. The first-order valence-corrected chi connectivity index (χ1v) is 12.2. The van der Waals surface area contributed by atoms with Crippen LogP contribution in [0.4, 0.5) is 11.4 Å². The summed E-state index contributed by atoms with van der Waals surface area (Å²) in [6.45, 7) is 2.52. The molecule has 0 aliphatic carbocycles. The number of carbonyl (C=O) groups excluding carboxylic acids is 2. The quantitative estimate of drug-likeness (QED) is 0.443. The molecule has 1 aliphatic rings. The summed E-state index contributed by atoms with van der Waals surface area (Å²) in [5.74, 6) is 0.412. The van der Waals surface area contributed by atoms with E-state index < -0.39 is 0 Å². The predicted molar refractivity (Wildman–Crippen MR) is 135 cm³/mol. The Morgan fingerprint density at radius 3 is 2.44 bits per heavy atom. The molecule has 4 rings (SSSR count). The Morgan fingerprint density at radius 1 is 1.06 bits per heavy atom. The first-order valence-electron chi connectivity index (χ1n) is 11.3. The van der Waals surface area contributed by atoms with Gasteiger partial charge in [0.15, 0.2) is 0 Å². The van der Waals surface area contributed by atoms with Gasteiger partial charge in [-0.25, -0.2) is 0 Å². The Hall–Kier alpha value is -3.20. The van der Waals surface area contributed by atoms with Crippen LogP contribution in [0.2, 0.25) is 0 Å². The van der Waals surface area contributed by atoms with Crippen LogP contribution in [-0.4, -0.2) is 49.6 Å². The van der Waals surface area contributed by atoms with Gasteiger partial charge in [0.05, 0.1) is 19.8 Å². The lowest BCUT2D eigenvalue weighted by molar-refractivity contribution is -0.117. The van der Waals surface area contributed by atoms with E-state index in [1.54, 1.807) is 67.0 Å². The molecule has 1 saturated heterocycles. The van der Waals surface area contributed by atoms with Crippen molar-refractivity contribution in [3.05, 3.63) is 76.5 Å². The molecule has 34 heavy (non-hydrogen) atoms. The predicted octanol–water partition coefficient (Wildman–Crippen LogP) is 4.63. The molecule has 2 aromatic carbocycles. The molecule has 1 atom stereocenters. The highest BCUT2D eigenvalue weighted by Gasteiger charge is 2.21. The van der Waals surface area contributed by atoms with Gasteiger partial charge in [-0.3, -0.25) is 14.5 Å². The van der Waals surface area contributed by atoms with Crippen molar-refractivity contribution in [1.82, 2.24) is 4.90 Å². The smallest absolute Gasteiger partial charge is 0.255 e. The van der Waals surface area contributed by atoms with Gasteiger partial charge in [0.2, 0.25) is 5.91 Å². The number of hydrogen-bond donors (Lipinski definition) is 2. The average Bonchev–Trinajstić information content (AvgIpc) is 3.54. The van der Waals surface area contributed by atoms with Crippen molar-refractivity contribution in [3.63, 3.8) is 0 Å². The van der Waals surface area contributed by atoms with Crippen LogP contribution in [0.3, 0.4) is 0 Å². The molecule has 0 radical (unpaired) electrons. The highest BCUT2D eigenvalue weighted by Crippen LogP contribution is 2.19. The van der Waals surface area contributed by atoms with Crippen molar-refractivity contribution in [2.45, 2.75) is 25.5 Å². The van der Waals surface area contributed by atoms with Gasteiger partial charge in [0, 0.05) is 41.5 Å². The Bertz CT molecular complexity index is 1060. The van der Waals surface area contributed by atoms with E-state index in [0.717, 1.165) is 38.3 Å². The highest BCUT2D eigenvalue weighted by atomic mass is 32.1. The molecular formula is C26H29N3O4S. The Balaban J connectivity index is 1.31. The van der Waals surface area contributed by atoms with E-state index in [2.05, 4.69) is 21.6 Å². The van der Waals surface area contributed by atoms with Crippen LogP contribution >= 0.6 is 11.3 Å². The molecule has 2 heterocycles. The summed E-state index contributed by atoms with van der Waals surface area (Å²) < 4.78 is 10.9. The van der Waals surface area contributed by atoms with Crippen LogP contribution in [0.25, 0.3) is 0 Å². The standard InChI is InChI=1S/C26H29N3O4S/c1-32-22-12-10-21(11-13-22)28-26(31)19-6-8-20(9-7-19)27-25(30)18-29(16-23-4-2-14-33-23)17-24-5-3-15-34-24/h3,5-13,15,23H,2,4,14,16-18H2,1H3,(H,27,30)(H,28,31). The normalized spacial score (nSPS) is 15.3. The minimum Gasteiger partial charge on any atom is -0.497 e. The monoisotopic (exact) mass is 479 g/mol. The number of hydrogen-bond acceptors (Lipinski definition) is 6. The lowest BCUT2D eigenvalue weighted by Gasteiger charge is -2.24. The molecule has 1 aliphatic heterocycles. The topological polar surface area (TPSA) is 79.9 Å². The van der Waals surface area contributed by atoms with Gasteiger partial charge >= 0.3 is 0 Å². The summed E-state index contributed by atoms with van der Waals surface area (Å²) in [6, 6.07) is 18.1. The third-order valence-corrected chi connectivity index (χ3v) is 6.45. The van der Waals surface area contributed by atoms with E-state index in [4.69, 9.17) is 9.47 Å². The minimum atomic E-state index is -0.221. The Morgan fingerprint density at radius 2 is 1.79 bits per heavy atom. The molecule has 0 bridgehead atoms. The molecule has 0 spiro atoms. The van der Waals surface area contributed by atoms with Crippen LogP contribution in [-0.2, 0) is 16.1 Å². The van der Waals surface area contributed by atoms with Crippen molar-refractivity contribution in [2.75, 3.05) is 37.4 Å². The second-order valence-corrected chi connectivity index (χ2v) is 9.22. The first-order chi connectivity index (χ1) is 16.6. The van der Waals surface area contributed by atoms with Crippen molar-refractivity contribution in [1.29, 1.82) is 0 Å². The number of methoxy groups -OCH3 is 1. The maximum Gasteiger partial charge on any atom is 0.255 e. The third-order valence-electron chi connectivity index (χ3n) is 5.59. The van der Waals surface area contributed by atoms with Crippen LogP contribution in [0.5, 0.6) is 5.75 Å². The van der Waals surface area contributed by atoms with Crippen LogP contribution < -0.4 is 15.4 Å². The molecule has 178 valence electrons. The highest BCUT2D eigenvalue weighted by molar-refractivity contribution is 7.09. The SMILES string of the molecule is COc1ccc(NC(=O)c2ccc(NC(=O)CN(Cc3cccs3)CC3CCCO3)cc2)cc1. The fourth-order valence-electron chi connectivity index (χ4n) is 3.87. The minimum absolute atomic E-state index is 0.0926. The number of amides is 2. The number of anilines is 2. The van der Waals surface area contributed by atoms with E-state index >= 15 is 0 Å².